The predicted molar refractivity (Wildman–Crippen MR) is 192 cm³/mol. The van der Waals surface area contributed by atoms with Crippen LogP contribution in [0.25, 0.3) is 88.4 Å². The van der Waals surface area contributed by atoms with Crippen LogP contribution in [0.4, 0.5) is 0 Å². The molecule has 9 rings (SSSR count). The molecule has 2 heterocycles. The summed E-state index contributed by atoms with van der Waals surface area (Å²) in [4.78, 5) is 0. The number of para-hydroxylation sites is 2. The summed E-state index contributed by atoms with van der Waals surface area (Å²) in [5.74, 6) is 0. The maximum atomic E-state index is 10.5. The maximum absolute atomic E-state index is 10.5. The molecule has 222 valence electrons. The highest BCUT2D eigenvalue weighted by Gasteiger charge is 2.21. The first-order valence-corrected chi connectivity index (χ1v) is 15.7. The Kier molecular flexibility index (Phi) is 6.22. The number of hydrogen-bond acceptors (Lipinski definition) is 4. The van der Waals surface area contributed by atoms with E-state index in [1.165, 1.54) is 0 Å². The Labute approximate surface area is 275 Å². The molecule has 0 amide bonds. The van der Waals surface area contributed by atoms with Crippen molar-refractivity contribution in [1.82, 2.24) is 0 Å². The number of fused-ring (bicyclic) bond motifs is 6. The molecule has 9 aromatic rings. The zero-order valence-corrected chi connectivity index (χ0v) is 25.6. The highest BCUT2D eigenvalue weighted by atomic mass is 16.3. The van der Waals surface area contributed by atoms with E-state index in [4.69, 9.17) is 8.83 Å². The van der Waals surface area contributed by atoms with E-state index in [1.54, 1.807) is 0 Å². The third kappa shape index (κ3) is 4.14. The largest absolute Gasteiger partial charge is 0.455 e. The van der Waals surface area contributed by atoms with Crippen LogP contribution in [0.3, 0.4) is 0 Å². The number of hydrogen-bond donors (Lipinski definition) is 0. The Morgan fingerprint density at radius 1 is 0.396 bits per heavy atom. The minimum absolute atomic E-state index is 0.585. The molecule has 0 fully saturated rings. The van der Waals surface area contributed by atoms with E-state index in [1.807, 2.05) is 109 Å². The number of nitriles is 2. The van der Waals surface area contributed by atoms with E-state index < -0.39 is 0 Å². The Morgan fingerprint density at radius 2 is 0.896 bits per heavy atom. The van der Waals surface area contributed by atoms with Crippen LogP contribution < -0.4 is 0 Å². The molecule has 0 atom stereocenters. The standard InChI is InChI=1S/C44H24N2O2/c45-25-29-15-7-21-39-41(29)34-19-8-17-32(43(34)47-39)33-18-9-20-35-42-31(16-10-22-40(42)48-44(33)35)30-23-36(27-11-3-1-4-12-27)38(26-46)37(24-30)28-13-5-2-6-14-28/h1-24H. The van der Waals surface area contributed by atoms with Gasteiger partial charge in [-0.15, -0.1) is 0 Å². The van der Waals surface area contributed by atoms with Crippen LogP contribution in [-0.4, -0.2) is 0 Å². The van der Waals surface area contributed by atoms with Crippen LogP contribution in [0.5, 0.6) is 0 Å². The van der Waals surface area contributed by atoms with E-state index in [2.05, 4.69) is 48.5 Å². The first-order chi connectivity index (χ1) is 23.7. The van der Waals surface area contributed by atoms with Gasteiger partial charge in [0, 0.05) is 43.8 Å². The molecule has 0 saturated carbocycles. The molecule has 0 aliphatic rings. The maximum Gasteiger partial charge on any atom is 0.143 e. The van der Waals surface area contributed by atoms with E-state index >= 15 is 0 Å². The fourth-order valence-corrected chi connectivity index (χ4v) is 7.06. The third-order valence-electron chi connectivity index (χ3n) is 9.19. The Balaban J connectivity index is 1.31. The fourth-order valence-electron chi connectivity index (χ4n) is 7.06. The second-order valence-electron chi connectivity index (χ2n) is 11.8. The molecule has 2 aromatic heterocycles. The number of rotatable bonds is 4. The van der Waals surface area contributed by atoms with Gasteiger partial charge < -0.3 is 8.83 Å². The van der Waals surface area contributed by atoms with E-state index in [9.17, 15) is 10.5 Å². The van der Waals surface area contributed by atoms with Crippen molar-refractivity contribution in [2.45, 2.75) is 0 Å². The second-order valence-corrected chi connectivity index (χ2v) is 11.8. The van der Waals surface area contributed by atoms with Crippen LogP contribution in [0.15, 0.2) is 154 Å². The van der Waals surface area contributed by atoms with Crippen LogP contribution in [0.1, 0.15) is 11.1 Å². The summed E-state index contributed by atoms with van der Waals surface area (Å²) in [5, 5.41) is 24.0. The van der Waals surface area contributed by atoms with Crippen LogP contribution in [0.2, 0.25) is 0 Å². The summed E-state index contributed by atoms with van der Waals surface area (Å²) < 4.78 is 13.1. The van der Waals surface area contributed by atoms with Crippen molar-refractivity contribution in [1.29, 1.82) is 10.5 Å². The smallest absolute Gasteiger partial charge is 0.143 e. The summed E-state index contributed by atoms with van der Waals surface area (Å²) in [6, 6.07) is 53.2. The summed E-state index contributed by atoms with van der Waals surface area (Å²) in [5.41, 5.74) is 11.7. The molecule has 4 heteroatoms. The number of nitrogens with zero attached hydrogens (tertiary/aromatic N) is 2. The van der Waals surface area contributed by atoms with Crippen molar-refractivity contribution in [3.05, 3.63) is 157 Å². The van der Waals surface area contributed by atoms with Gasteiger partial charge in [0.2, 0.25) is 0 Å². The lowest BCUT2D eigenvalue weighted by Crippen LogP contribution is -1.93. The molecule has 48 heavy (non-hydrogen) atoms. The van der Waals surface area contributed by atoms with Gasteiger partial charge in [0.1, 0.15) is 28.4 Å². The lowest BCUT2D eigenvalue weighted by atomic mass is 9.87. The lowest BCUT2D eigenvalue weighted by Gasteiger charge is -2.15. The Hall–Kier alpha value is -6.88. The van der Waals surface area contributed by atoms with Gasteiger partial charge in [0.05, 0.1) is 17.2 Å². The molecule has 7 aromatic carbocycles. The van der Waals surface area contributed by atoms with Gasteiger partial charge in [-0.25, -0.2) is 0 Å². The fraction of sp³-hybridized carbons (Fsp3) is 0. The topological polar surface area (TPSA) is 73.9 Å². The van der Waals surface area contributed by atoms with Crippen LogP contribution >= 0.6 is 0 Å². The minimum atomic E-state index is 0.585. The van der Waals surface area contributed by atoms with Gasteiger partial charge in [-0.1, -0.05) is 115 Å². The van der Waals surface area contributed by atoms with Crippen molar-refractivity contribution in [3.63, 3.8) is 0 Å². The van der Waals surface area contributed by atoms with Crippen LogP contribution in [-0.2, 0) is 0 Å². The van der Waals surface area contributed by atoms with Gasteiger partial charge in [-0.3, -0.25) is 0 Å². The lowest BCUT2D eigenvalue weighted by molar-refractivity contribution is 0.665. The van der Waals surface area contributed by atoms with Gasteiger partial charge in [-0.2, -0.15) is 10.5 Å². The zero-order chi connectivity index (χ0) is 32.2. The average molecular weight is 613 g/mol. The van der Waals surface area contributed by atoms with Gasteiger partial charge in [0.25, 0.3) is 0 Å². The minimum Gasteiger partial charge on any atom is -0.455 e. The SMILES string of the molecule is N#Cc1c(-c2ccccc2)cc(-c2cccc3oc4c(-c5cccc6c5oc5cccc(C#N)c56)cccc4c23)cc1-c1ccccc1. The van der Waals surface area contributed by atoms with Crippen LogP contribution in [0, 0.1) is 22.7 Å². The van der Waals surface area contributed by atoms with Crippen molar-refractivity contribution < 1.29 is 8.83 Å². The molecule has 0 unspecified atom stereocenters. The van der Waals surface area contributed by atoms with Crippen molar-refractivity contribution in [3.8, 4) is 56.6 Å². The normalized spacial score (nSPS) is 11.3. The molecular formula is C44H24N2O2. The highest BCUT2D eigenvalue weighted by molar-refractivity contribution is 6.18. The van der Waals surface area contributed by atoms with Gasteiger partial charge in [-0.05, 0) is 52.6 Å². The van der Waals surface area contributed by atoms with E-state index in [-0.39, 0.29) is 0 Å². The molecule has 4 nitrogen and oxygen atoms in total. The first kappa shape index (κ1) is 27.4. The molecule has 0 saturated heterocycles. The molecule has 0 spiro atoms. The molecular weight excluding hydrogens is 588 g/mol. The molecule has 0 N–H and O–H groups in total. The molecule has 0 bridgehead atoms. The average Bonchev–Trinajstić information content (AvgIpc) is 3.74. The number of furan rings is 2. The quantitative estimate of drug-likeness (QED) is 0.198. The third-order valence-corrected chi connectivity index (χ3v) is 9.19. The Morgan fingerprint density at radius 3 is 1.46 bits per heavy atom. The summed E-state index contributed by atoms with van der Waals surface area (Å²) in [6.07, 6.45) is 0. The van der Waals surface area contributed by atoms with Crippen molar-refractivity contribution >= 4 is 43.9 Å². The van der Waals surface area contributed by atoms with Crippen molar-refractivity contribution in [2.75, 3.05) is 0 Å². The zero-order valence-electron chi connectivity index (χ0n) is 25.6. The summed E-state index contributed by atoms with van der Waals surface area (Å²) in [7, 11) is 0. The molecule has 0 radical (unpaired) electrons. The second kappa shape index (κ2) is 10.9. The monoisotopic (exact) mass is 612 g/mol. The van der Waals surface area contributed by atoms with Crippen molar-refractivity contribution in [2.24, 2.45) is 0 Å². The molecule has 0 aliphatic heterocycles. The van der Waals surface area contributed by atoms with E-state index in [0.717, 1.165) is 82.8 Å². The summed E-state index contributed by atoms with van der Waals surface area (Å²) in [6.45, 7) is 0. The van der Waals surface area contributed by atoms with Gasteiger partial charge in [0.15, 0.2) is 0 Å². The predicted octanol–water partition coefficient (Wildman–Crippen LogP) is 11.9. The van der Waals surface area contributed by atoms with E-state index in [0.29, 0.717) is 16.7 Å². The Bertz CT molecular complexity index is 2730. The number of benzene rings is 7. The molecule has 0 aliphatic carbocycles. The highest BCUT2D eigenvalue weighted by Crippen LogP contribution is 2.45. The van der Waals surface area contributed by atoms with Gasteiger partial charge >= 0.3 is 0 Å². The summed E-state index contributed by atoms with van der Waals surface area (Å²) >= 11 is 0. The first-order valence-electron chi connectivity index (χ1n) is 15.7.